The number of rotatable bonds is 8. The van der Waals surface area contributed by atoms with Crippen LogP contribution < -0.4 is 9.47 Å². The molecule has 0 spiro atoms. The summed E-state index contributed by atoms with van der Waals surface area (Å²) in [4.78, 5) is 30.4. The van der Waals surface area contributed by atoms with E-state index < -0.39 is 11.9 Å². The highest BCUT2D eigenvalue weighted by molar-refractivity contribution is 8.01. The average molecular weight is 1020 g/mol. The van der Waals surface area contributed by atoms with Crippen LogP contribution in [0.5, 0.6) is 23.0 Å². The van der Waals surface area contributed by atoms with Crippen LogP contribution in [0.3, 0.4) is 0 Å². The van der Waals surface area contributed by atoms with Crippen LogP contribution in [0, 0.1) is 0 Å². The molecule has 0 atom stereocenters. The summed E-state index contributed by atoms with van der Waals surface area (Å²) in [5.41, 5.74) is 5.62. The molecule has 6 aromatic rings. The van der Waals surface area contributed by atoms with Crippen LogP contribution in [0.15, 0.2) is 136 Å². The normalized spacial score (nSPS) is 13.1. The maximum Gasteiger partial charge on any atom is 0.337 e. The Morgan fingerprint density at radius 1 is 0.400 bits per heavy atom. The third-order valence-corrected chi connectivity index (χ3v) is 16.2. The van der Waals surface area contributed by atoms with Gasteiger partial charge in [-0.05, 0) is 128 Å². The molecule has 1 heterocycles. The molecule has 70 heavy (non-hydrogen) atoms. The van der Waals surface area contributed by atoms with Crippen molar-refractivity contribution < 1.29 is 38.7 Å². The Kier molecular flexibility index (Phi) is 15.5. The Balaban J connectivity index is 1.50. The van der Waals surface area contributed by atoms with Crippen LogP contribution in [0.2, 0.25) is 0 Å². The summed E-state index contributed by atoms with van der Waals surface area (Å²) in [6.07, 6.45) is 0. The monoisotopic (exact) mass is 1020 g/mol. The molecule has 368 valence electrons. The summed E-state index contributed by atoms with van der Waals surface area (Å²) in [6, 6.07) is 31.3. The number of esters is 2. The van der Waals surface area contributed by atoms with Crippen molar-refractivity contribution in [2.24, 2.45) is 0 Å². The van der Waals surface area contributed by atoms with E-state index in [4.69, 9.17) is 18.9 Å². The third kappa shape index (κ3) is 12.1. The van der Waals surface area contributed by atoms with Gasteiger partial charge in [0.25, 0.3) is 0 Å². The number of aromatic hydroxyl groups is 2. The highest BCUT2D eigenvalue weighted by atomic mass is 32.2. The molecule has 0 aromatic heterocycles. The number of methoxy groups -OCH3 is 2. The molecular formula is C58H64O8S4. The smallest absolute Gasteiger partial charge is 0.337 e. The molecule has 0 unspecified atom stereocenters. The van der Waals surface area contributed by atoms with Gasteiger partial charge >= 0.3 is 11.9 Å². The highest BCUT2D eigenvalue weighted by Gasteiger charge is 2.30. The van der Waals surface area contributed by atoms with Crippen molar-refractivity contribution in [3.63, 3.8) is 0 Å². The van der Waals surface area contributed by atoms with Crippen molar-refractivity contribution in [2.45, 2.75) is 157 Å². The van der Waals surface area contributed by atoms with E-state index in [0.29, 0.717) is 42.2 Å². The van der Waals surface area contributed by atoms with Gasteiger partial charge in [-0.2, -0.15) is 0 Å². The van der Waals surface area contributed by atoms with Gasteiger partial charge in [-0.1, -0.05) is 154 Å². The lowest BCUT2D eigenvalue weighted by atomic mass is 9.87. The average Bonchev–Trinajstić information content (AvgIpc) is 3.28. The lowest BCUT2D eigenvalue weighted by Crippen LogP contribution is -2.13. The number of phenolic OH excluding ortho intramolecular Hbond substituents is 2. The van der Waals surface area contributed by atoms with Crippen molar-refractivity contribution in [3.05, 3.63) is 142 Å². The largest absolute Gasteiger partial charge is 0.506 e. The van der Waals surface area contributed by atoms with E-state index in [9.17, 15) is 19.8 Å². The molecule has 0 fully saturated rings. The Labute approximate surface area is 431 Å². The van der Waals surface area contributed by atoms with Gasteiger partial charge in [0.1, 0.15) is 36.2 Å². The molecule has 1 aliphatic rings. The lowest BCUT2D eigenvalue weighted by molar-refractivity contribution is 0.0592. The summed E-state index contributed by atoms with van der Waals surface area (Å²) in [5, 5.41) is 25.3. The van der Waals surface area contributed by atoms with Crippen molar-refractivity contribution in [3.8, 4) is 23.0 Å². The molecule has 0 saturated heterocycles. The second-order valence-corrected chi connectivity index (χ2v) is 25.9. The first-order chi connectivity index (χ1) is 32.7. The van der Waals surface area contributed by atoms with Crippen LogP contribution in [0.1, 0.15) is 137 Å². The van der Waals surface area contributed by atoms with E-state index in [-0.39, 0.29) is 46.4 Å². The van der Waals surface area contributed by atoms with Crippen molar-refractivity contribution in [1.29, 1.82) is 0 Å². The number of ether oxygens (including phenoxy) is 4. The number of hydrogen-bond acceptors (Lipinski definition) is 12. The Hall–Kier alpha value is -5.14. The predicted octanol–water partition coefficient (Wildman–Crippen LogP) is 15.9. The molecule has 8 bridgehead atoms. The summed E-state index contributed by atoms with van der Waals surface area (Å²) in [7, 11) is 2.73. The minimum atomic E-state index is -0.415. The van der Waals surface area contributed by atoms with Crippen LogP contribution in [-0.4, -0.2) is 36.4 Å². The fraction of sp³-hybridized carbons (Fsp3) is 0.345. The van der Waals surface area contributed by atoms with Crippen LogP contribution in [-0.2, 0) is 44.3 Å². The highest BCUT2D eigenvalue weighted by Crippen LogP contribution is 2.56. The molecule has 7 rings (SSSR count). The molecule has 0 amide bonds. The predicted molar refractivity (Wildman–Crippen MR) is 285 cm³/mol. The fourth-order valence-corrected chi connectivity index (χ4v) is 12.0. The van der Waals surface area contributed by atoms with E-state index in [1.54, 1.807) is 24.3 Å². The van der Waals surface area contributed by atoms with Gasteiger partial charge in [0.15, 0.2) is 0 Å². The molecule has 6 aromatic carbocycles. The van der Waals surface area contributed by atoms with E-state index in [2.05, 4.69) is 132 Å². The number of phenols is 2. The first-order valence-electron chi connectivity index (χ1n) is 23.2. The minimum Gasteiger partial charge on any atom is -0.506 e. The molecule has 12 heteroatoms. The van der Waals surface area contributed by atoms with Crippen LogP contribution in [0.4, 0.5) is 0 Å². The van der Waals surface area contributed by atoms with Crippen molar-refractivity contribution >= 4 is 59.0 Å². The number of fused-ring (bicyclic) bond motifs is 8. The van der Waals surface area contributed by atoms with Gasteiger partial charge in [-0.3, -0.25) is 0 Å². The summed E-state index contributed by atoms with van der Waals surface area (Å²) < 4.78 is 23.7. The van der Waals surface area contributed by atoms with Gasteiger partial charge in [0.2, 0.25) is 0 Å². The molecule has 0 radical (unpaired) electrons. The van der Waals surface area contributed by atoms with Gasteiger partial charge in [-0.25, -0.2) is 9.59 Å². The van der Waals surface area contributed by atoms with Gasteiger partial charge < -0.3 is 29.2 Å². The first-order valence-corrected chi connectivity index (χ1v) is 26.4. The molecule has 1 aliphatic heterocycles. The number of hydrogen-bond donors (Lipinski definition) is 2. The maximum absolute atomic E-state index is 12.7. The van der Waals surface area contributed by atoms with Gasteiger partial charge in [-0.15, -0.1) is 0 Å². The van der Waals surface area contributed by atoms with Crippen LogP contribution >= 0.6 is 47.0 Å². The molecule has 2 N–H and O–H groups in total. The van der Waals surface area contributed by atoms with Gasteiger partial charge in [0, 0.05) is 0 Å². The summed E-state index contributed by atoms with van der Waals surface area (Å²) in [6.45, 7) is 26.5. The Morgan fingerprint density at radius 3 is 0.843 bits per heavy atom. The topological polar surface area (TPSA) is 112 Å². The molecule has 0 aliphatic carbocycles. The first kappa shape index (κ1) is 52.7. The van der Waals surface area contributed by atoms with Crippen molar-refractivity contribution in [1.82, 2.24) is 0 Å². The SMILES string of the molecule is COC(=O)c1ccc(COc2c3cc(C(C)(C)C)cc2Sc2cc(C(C)(C)C)cc(c2O)Sc2cc(C(C)(C)C)cc(c2OCc2ccc(C(=O)OC)cc2)Sc2cc(C(C)(C)C)cc(c2O)S3)cc1. The van der Waals surface area contributed by atoms with Gasteiger partial charge in [0.05, 0.1) is 64.5 Å². The zero-order valence-electron chi connectivity index (χ0n) is 42.6. The quantitative estimate of drug-likeness (QED) is 0.141. The number of carbonyl (C=O) groups excluding carboxylic acids is 2. The second-order valence-electron chi connectivity index (χ2n) is 21.6. The van der Waals surface area contributed by atoms with Crippen molar-refractivity contribution in [2.75, 3.05) is 14.2 Å². The van der Waals surface area contributed by atoms with E-state index in [0.717, 1.165) is 53.0 Å². The van der Waals surface area contributed by atoms with E-state index in [1.165, 1.54) is 61.3 Å². The summed E-state index contributed by atoms with van der Waals surface area (Å²) in [5.74, 6) is 0.640. The minimum absolute atomic E-state index is 0.132. The lowest BCUT2D eigenvalue weighted by Gasteiger charge is -2.27. The molecular weight excluding hydrogens is 953 g/mol. The zero-order chi connectivity index (χ0) is 51.1. The standard InChI is InChI=1S/C58H64O8S4/c1-55(2,3)37-23-41-49(59)42(24-37)68-46-28-40(58(10,11)12)30-48(52(46)66-32-34-17-21-36(22-18-34)54(62)64-14)70-44-26-38(56(4,5)6)25-43(50(44)60)69-47-29-39(57(7,8)9)27-45(67-41)51(47)65-31-33-15-19-35(20-16-33)53(61)63-13/h15-30,59-60H,31-32H2,1-14H3. The Morgan fingerprint density at radius 2 is 0.629 bits per heavy atom. The number of benzene rings is 6. The molecule has 0 saturated carbocycles. The zero-order valence-corrected chi connectivity index (χ0v) is 45.9. The maximum atomic E-state index is 12.7. The Bertz CT molecular complexity index is 2640. The third-order valence-electron chi connectivity index (χ3n) is 12.0. The second kappa shape index (κ2) is 20.5. The molecule has 8 nitrogen and oxygen atoms in total. The van der Waals surface area contributed by atoms with E-state index >= 15 is 0 Å². The van der Waals surface area contributed by atoms with Crippen LogP contribution in [0.25, 0.3) is 0 Å². The summed E-state index contributed by atoms with van der Waals surface area (Å²) >= 11 is 5.81. The number of carbonyl (C=O) groups is 2. The van der Waals surface area contributed by atoms with E-state index in [1.807, 2.05) is 24.3 Å². The fourth-order valence-electron chi connectivity index (χ4n) is 7.44.